The molecule has 2 aromatic rings. The minimum atomic E-state index is -0.804. The summed E-state index contributed by atoms with van der Waals surface area (Å²) in [5, 5.41) is 33.4. The van der Waals surface area contributed by atoms with Crippen LogP contribution >= 0.6 is 0 Å². The molecule has 1 aromatic carbocycles. The molecule has 176 valence electrons. The van der Waals surface area contributed by atoms with Gasteiger partial charge in [-0.15, -0.1) is 0 Å². The number of carbonyl (C=O) groups is 1. The number of aldehydes is 1. The molecule has 0 radical (unpaired) electrons. The lowest BCUT2D eigenvalue weighted by Crippen LogP contribution is -2.50. The molecule has 1 saturated carbocycles. The molecular formula is C26H36O6. The number of aromatic hydroxyl groups is 1. The van der Waals surface area contributed by atoms with Gasteiger partial charge in [0, 0.05) is 10.9 Å². The van der Waals surface area contributed by atoms with Gasteiger partial charge < -0.3 is 24.5 Å². The summed E-state index contributed by atoms with van der Waals surface area (Å²) < 4.78 is 11.6. The Kier molecular flexibility index (Phi) is 6.40. The highest BCUT2D eigenvalue weighted by atomic mass is 16.6. The summed E-state index contributed by atoms with van der Waals surface area (Å²) in [4.78, 5) is 11.8. The second-order valence-corrected chi connectivity index (χ2v) is 10.1. The van der Waals surface area contributed by atoms with Crippen LogP contribution in [0.3, 0.4) is 0 Å². The summed E-state index contributed by atoms with van der Waals surface area (Å²) in [6.45, 7) is 8.28. The Morgan fingerprint density at radius 3 is 2.44 bits per heavy atom. The second kappa shape index (κ2) is 8.81. The van der Waals surface area contributed by atoms with Crippen molar-refractivity contribution in [3.63, 3.8) is 0 Å². The molecule has 1 aliphatic carbocycles. The number of aliphatic hydroxyl groups excluding tert-OH is 2. The number of furan rings is 1. The Morgan fingerprint density at radius 2 is 1.91 bits per heavy atom. The predicted octanol–water partition coefficient (Wildman–Crippen LogP) is 4.71. The van der Waals surface area contributed by atoms with E-state index in [0.717, 1.165) is 35.8 Å². The van der Waals surface area contributed by atoms with Crippen LogP contribution in [0.5, 0.6) is 5.75 Å². The smallest absolute Gasteiger partial charge is 0.157 e. The molecule has 6 heteroatoms. The van der Waals surface area contributed by atoms with Crippen LogP contribution in [0.1, 0.15) is 87.2 Å². The Morgan fingerprint density at radius 1 is 1.22 bits per heavy atom. The number of phenolic OH excluding ortho intramolecular Hbond substituents is 1. The minimum absolute atomic E-state index is 0.00363. The molecule has 2 heterocycles. The van der Waals surface area contributed by atoms with Gasteiger partial charge in [-0.05, 0) is 61.5 Å². The summed E-state index contributed by atoms with van der Waals surface area (Å²) in [6.07, 6.45) is 5.24. The molecule has 5 unspecified atom stereocenters. The van der Waals surface area contributed by atoms with Gasteiger partial charge in [0.15, 0.2) is 6.29 Å². The third-order valence-corrected chi connectivity index (χ3v) is 7.55. The van der Waals surface area contributed by atoms with E-state index in [0.29, 0.717) is 37.0 Å². The highest BCUT2D eigenvalue weighted by Gasteiger charge is 2.67. The normalized spacial score (nSPS) is 30.8. The van der Waals surface area contributed by atoms with Gasteiger partial charge in [0.25, 0.3) is 0 Å². The topological polar surface area (TPSA) is 103 Å². The number of hydrogen-bond acceptors (Lipinski definition) is 6. The predicted molar refractivity (Wildman–Crippen MR) is 122 cm³/mol. The van der Waals surface area contributed by atoms with Gasteiger partial charge in [-0.2, -0.15) is 0 Å². The maximum atomic E-state index is 11.8. The molecule has 6 nitrogen and oxygen atoms in total. The molecule has 32 heavy (non-hydrogen) atoms. The fraction of sp³-hybridized carbons (Fsp3) is 0.654. The molecule has 6 atom stereocenters. The molecule has 0 bridgehead atoms. The van der Waals surface area contributed by atoms with Gasteiger partial charge >= 0.3 is 0 Å². The lowest BCUT2D eigenvalue weighted by atomic mass is 9.68. The molecular weight excluding hydrogens is 408 g/mol. The average molecular weight is 445 g/mol. The van der Waals surface area contributed by atoms with E-state index in [1.54, 1.807) is 6.26 Å². The van der Waals surface area contributed by atoms with Crippen molar-refractivity contribution in [1.29, 1.82) is 0 Å². The van der Waals surface area contributed by atoms with Crippen LogP contribution in [-0.4, -0.2) is 45.5 Å². The maximum Gasteiger partial charge on any atom is 0.157 e. The van der Waals surface area contributed by atoms with Crippen molar-refractivity contribution in [2.45, 2.75) is 96.1 Å². The first-order valence-corrected chi connectivity index (χ1v) is 12.0. The molecule has 2 aliphatic rings. The van der Waals surface area contributed by atoms with E-state index >= 15 is 0 Å². The summed E-state index contributed by atoms with van der Waals surface area (Å²) in [5.41, 5.74) is 1.53. The van der Waals surface area contributed by atoms with Crippen LogP contribution in [0.2, 0.25) is 0 Å². The van der Waals surface area contributed by atoms with Crippen molar-refractivity contribution < 1.29 is 29.3 Å². The molecule has 1 aromatic heterocycles. The van der Waals surface area contributed by atoms with Gasteiger partial charge in [-0.25, -0.2) is 0 Å². The number of benzene rings is 1. The van der Waals surface area contributed by atoms with Crippen LogP contribution in [0.4, 0.5) is 0 Å². The lowest BCUT2D eigenvalue weighted by molar-refractivity contribution is -0.0689. The first-order chi connectivity index (χ1) is 15.3. The zero-order chi connectivity index (χ0) is 23.2. The fourth-order valence-electron chi connectivity index (χ4n) is 6.00. The largest absolute Gasteiger partial charge is 0.507 e. The van der Waals surface area contributed by atoms with E-state index in [9.17, 15) is 20.1 Å². The van der Waals surface area contributed by atoms with E-state index in [2.05, 4.69) is 20.8 Å². The van der Waals surface area contributed by atoms with Crippen molar-refractivity contribution >= 4 is 17.3 Å². The van der Waals surface area contributed by atoms with E-state index < -0.39 is 17.8 Å². The maximum absolute atomic E-state index is 11.8. The van der Waals surface area contributed by atoms with E-state index in [-0.39, 0.29) is 29.3 Å². The highest BCUT2D eigenvalue weighted by molar-refractivity contribution is 6.00. The number of epoxide rings is 1. The fourth-order valence-corrected chi connectivity index (χ4v) is 6.00. The third-order valence-electron chi connectivity index (χ3n) is 7.55. The molecule has 0 amide bonds. The molecule has 2 fully saturated rings. The van der Waals surface area contributed by atoms with Gasteiger partial charge in [0.1, 0.15) is 16.9 Å². The van der Waals surface area contributed by atoms with E-state index in [1.807, 2.05) is 13.0 Å². The third kappa shape index (κ3) is 3.66. The number of ether oxygens (including phenoxy) is 1. The first kappa shape index (κ1) is 23.3. The zero-order valence-electron chi connectivity index (χ0n) is 19.5. The molecule has 1 aliphatic heterocycles. The summed E-state index contributed by atoms with van der Waals surface area (Å²) >= 11 is 0. The number of hydrogen-bond donors (Lipinski definition) is 3. The summed E-state index contributed by atoms with van der Waals surface area (Å²) in [7, 11) is 0. The van der Waals surface area contributed by atoms with Crippen molar-refractivity contribution in [3.8, 4) is 5.75 Å². The Bertz CT molecular complexity index is 964. The van der Waals surface area contributed by atoms with Gasteiger partial charge in [0.2, 0.25) is 0 Å². The molecule has 1 spiro atoms. The SMILES string of the molecule is CCCC(c1coc2c(C=O)c(O)c(CC(C)C)cc12)C1CC(O)C2(OC2CC)[C@H](O)C1. The van der Waals surface area contributed by atoms with Gasteiger partial charge in [0.05, 0.1) is 30.1 Å². The number of fused-ring (bicyclic) bond motifs is 1. The quantitative estimate of drug-likeness (QED) is 0.402. The summed E-state index contributed by atoms with van der Waals surface area (Å²) in [6, 6.07) is 1.95. The van der Waals surface area contributed by atoms with Crippen LogP contribution in [-0.2, 0) is 11.2 Å². The average Bonchev–Trinajstić information content (AvgIpc) is 3.36. The lowest BCUT2D eigenvalue weighted by Gasteiger charge is -2.39. The monoisotopic (exact) mass is 444 g/mol. The van der Waals surface area contributed by atoms with Crippen molar-refractivity contribution in [1.82, 2.24) is 0 Å². The Hall–Kier alpha value is -1.89. The number of rotatable bonds is 8. The number of aliphatic hydroxyl groups is 2. The molecule has 3 N–H and O–H groups in total. The van der Waals surface area contributed by atoms with Crippen LogP contribution in [0.15, 0.2) is 16.7 Å². The Labute approximate surface area is 189 Å². The van der Waals surface area contributed by atoms with Crippen LogP contribution in [0, 0.1) is 11.8 Å². The minimum Gasteiger partial charge on any atom is -0.507 e. The summed E-state index contributed by atoms with van der Waals surface area (Å²) in [5.74, 6) is 0.452. The van der Waals surface area contributed by atoms with Gasteiger partial charge in [-0.3, -0.25) is 4.79 Å². The highest BCUT2D eigenvalue weighted by Crippen LogP contribution is 2.54. The van der Waals surface area contributed by atoms with Crippen molar-refractivity contribution in [2.24, 2.45) is 11.8 Å². The molecule has 1 saturated heterocycles. The Balaban J connectivity index is 1.73. The van der Waals surface area contributed by atoms with Crippen molar-refractivity contribution in [3.05, 3.63) is 29.0 Å². The van der Waals surface area contributed by atoms with Crippen molar-refractivity contribution in [2.75, 3.05) is 0 Å². The van der Waals surface area contributed by atoms with Gasteiger partial charge in [-0.1, -0.05) is 34.1 Å². The van der Waals surface area contributed by atoms with Crippen LogP contribution in [0.25, 0.3) is 11.0 Å². The van der Waals surface area contributed by atoms with E-state index in [1.165, 1.54) is 0 Å². The van der Waals surface area contributed by atoms with E-state index in [4.69, 9.17) is 9.15 Å². The first-order valence-electron chi connectivity index (χ1n) is 12.0. The standard InChI is InChI=1S/C26H36O6/c1-5-7-17(15-10-21(28)26(22(29)11-15)23(6-2)32-26)20-13-31-25-18(20)9-16(8-14(3)4)24(30)19(25)12-27/h9,12-15,17,21-23,28-30H,5-8,10-11H2,1-4H3/t15?,17?,21-,22?,23?,26?/m1/s1. The molecule has 4 rings (SSSR count). The second-order valence-electron chi connectivity index (χ2n) is 10.1. The van der Waals surface area contributed by atoms with Crippen LogP contribution < -0.4 is 0 Å². The zero-order valence-corrected chi connectivity index (χ0v) is 19.5. The number of phenols is 1. The number of carbonyl (C=O) groups excluding carboxylic acids is 1.